The molecule has 22 heavy (non-hydrogen) atoms. The molecule has 0 spiro atoms. The quantitative estimate of drug-likeness (QED) is 0.868. The van der Waals surface area contributed by atoms with Crippen molar-refractivity contribution in [2.75, 3.05) is 6.54 Å². The van der Waals surface area contributed by atoms with Crippen LogP contribution in [0.2, 0.25) is 0 Å². The predicted octanol–water partition coefficient (Wildman–Crippen LogP) is 3.49. The molecule has 1 amide bonds. The number of hydrogen-bond donors (Lipinski definition) is 0. The first kappa shape index (κ1) is 14.5. The number of carbonyl (C=O) groups is 1. The smallest absolute Gasteiger partial charge is 0.387 e. The molecule has 3 nitrogen and oxygen atoms in total. The summed E-state index contributed by atoms with van der Waals surface area (Å²) in [6.45, 7) is -1.63. The van der Waals surface area contributed by atoms with Gasteiger partial charge in [-0.25, -0.2) is 0 Å². The van der Waals surface area contributed by atoms with Crippen molar-refractivity contribution in [3.05, 3.63) is 65.2 Å². The summed E-state index contributed by atoms with van der Waals surface area (Å²) in [5.74, 6) is -0.0476. The van der Waals surface area contributed by atoms with Gasteiger partial charge in [0.2, 0.25) is 0 Å². The van der Waals surface area contributed by atoms with Gasteiger partial charge >= 0.3 is 6.61 Å². The highest BCUT2D eigenvalue weighted by atomic mass is 19.3. The van der Waals surface area contributed by atoms with Gasteiger partial charge in [-0.15, -0.1) is 0 Å². The fraction of sp³-hybridized carbons (Fsp3) is 0.235. The Morgan fingerprint density at radius 3 is 2.41 bits per heavy atom. The van der Waals surface area contributed by atoms with Crippen molar-refractivity contribution >= 4 is 5.91 Å². The van der Waals surface area contributed by atoms with Crippen molar-refractivity contribution in [2.24, 2.45) is 0 Å². The average molecular weight is 303 g/mol. The second kappa shape index (κ2) is 6.13. The number of benzene rings is 2. The van der Waals surface area contributed by atoms with E-state index < -0.39 is 6.61 Å². The van der Waals surface area contributed by atoms with E-state index >= 15 is 0 Å². The zero-order chi connectivity index (χ0) is 15.5. The molecule has 3 rings (SSSR count). The Morgan fingerprint density at radius 2 is 1.73 bits per heavy atom. The van der Waals surface area contributed by atoms with Crippen LogP contribution in [0.5, 0.6) is 5.75 Å². The number of hydrogen-bond acceptors (Lipinski definition) is 2. The lowest BCUT2D eigenvalue weighted by atomic mass is 9.99. The topological polar surface area (TPSA) is 29.5 Å². The standard InChI is InChI=1S/C17H15F2NO2/c18-17(19)22-15-7-5-13(6-8-15)16(21)20-10-9-12-3-1-2-4-14(12)11-20/h1-8,17H,9-11H2. The van der Waals surface area contributed by atoms with E-state index in [0.29, 0.717) is 18.7 Å². The molecular formula is C17H15F2NO2. The molecule has 1 aliphatic rings. The van der Waals surface area contributed by atoms with Crippen molar-refractivity contribution in [1.82, 2.24) is 4.90 Å². The SMILES string of the molecule is O=C(c1ccc(OC(F)F)cc1)N1CCc2ccccc2C1. The van der Waals surface area contributed by atoms with Crippen LogP contribution in [0.15, 0.2) is 48.5 Å². The van der Waals surface area contributed by atoms with Gasteiger partial charge in [0.15, 0.2) is 0 Å². The Labute approximate surface area is 127 Å². The van der Waals surface area contributed by atoms with Crippen LogP contribution in [0.25, 0.3) is 0 Å². The molecule has 2 aromatic rings. The van der Waals surface area contributed by atoms with Crippen molar-refractivity contribution in [2.45, 2.75) is 19.6 Å². The van der Waals surface area contributed by atoms with E-state index in [9.17, 15) is 13.6 Å². The molecule has 0 aliphatic carbocycles. The molecule has 0 atom stereocenters. The summed E-state index contributed by atoms with van der Waals surface area (Å²) in [5, 5.41) is 0. The summed E-state index contributed by atoms with van der Waals surface area (Å²) in [6, 6.07) is 13.9. The Kier molecular flexibility index (Phi) is 4.04. The fourth-order valence-electron chi connectivity index (χ4n) is 2.63. The molecule has 0 bridgehead atoms. The van der Waals surface area contributed by atoms with Crippen LogP contribution in [-0.4, -0.2) is 24.0 Å². The number of amides is 1. The predicted molar refractivity (Wildman–Crippen MR) is 78.0 cm³/mol. The first-order valence-corrected chi connectivity index (χ1v) is 7.04. The van der Waals surface area contributed by atoms with Crippen molar-refractivity contribution in [3.63, 3.8) is 0 Å². The van der Waals surface area contributed by atoms with Crippen LogP contribution in [0.3, 0.4) is 0 Å². The maximum atomic E-state index is 12.5. The van der Waals surface area contributed by atoms with Gasteiger partial charge in [0, 0.05) is 18.7 Å². The second-order valence-electron chi connectivity index (χ2n) is 5.15. The Hall–Kier alpha value is -2.43. The molecule has 2 aromatic carbocycles. The van der Waals surface area contributed by atoms with E-state index in [0.717, 1.165) is 12.0 Å². The van der Waals surface area contributed by atoms with Crippen LogP contribution in [0.4, 0.5) is 8.78 Å². The van der Waals surface area contributed by atoms with E-state index in [1.165, 1.54) is 29.8 Å². The lowest BCUT2D eigenvalue weighted by Crippen LogP contribution is -2.35. The zero-order valence-electron chi connectivity index (χ0n) is 11.8. The largest absolute Gasteiger partial charge is 0.435 e. The minimum absolute atomic E-state index is 0.0514. The molecule has 1 aliphatic heterocycles. The van der Waals surface area contributed by atoms with Crippen molar-refractivity contribution in [3.8, 4) is 5.75 Å². The molecule has 1 heterocycles. The van der Waals surface area contributed by atoms with Gasteiger partial charge in [0.25, 0.3) is 5.91 Å². The molecular weight excluding hydrogens is 288 g/mol. The van der Waals surface area contributed by atoms with Gasteiger partial charge < -0.3 is 9.64 Å². The first-order chi connectivity index (χ1) is 10.6. The third-order valence-corrected chi connectivity index (χ3v) is 3.74. The maximum absolute atomic E-state index is 12.5. The van der Waals surface area contributed by atoms with Gasteiger partial charge in [0.1, 0.15) is 5.75 Å². The molecule has 0 saturated heterocycles. The van der Waals surface area contributed by atoms with Gasteiger partial charge in [-0.2, -0.15) is 8.78 Å². The van der Waals surface area contributed by atoms with Crippen LogP contribution >= 0.6 is 0 Å². The Bertz CT molecular complexity index is 671. The minimum Gasteiger partial charge on any atom is -0.435 e. The second-order valence-corrected chi connectivity index (χ2v) is 5.15. The minimum atomic E-state index is -2.86. The summed E-state index contributed by atoms with van der Waals surface area (Å²) in [5.41, 5.74) is 2.90. The molecule has 0 saturated carbocycles. The summed E-state index contributed by atoms with van der Waals surface area (Å²) in [7, 11) is 0. The highest BCUT2D eigenvalue weighted by molar-refractivity contribution is 5.94. The maximum Gasteiger partial charge on any atom is 0.387 e. The molecule has 0 fully saturated rings. The first-order valence-electron chi connectivity index (χ1n) is 7.04. The lowest BCUT2D eigenvalue weighted by Gasteiger charge is -2.29. The Morgan fingerprint density at radius 1 is 1.05 bits per heavy atom. The van der Waals surface area contributed by atoms with Crippen LogP contribution < -0.4 is 4.74 Å². The van der Waals surface area contributed by atoms with Gasteiger partial charge in [0.05, 0.1) is 0 Å². The number of ether oxygens (including phenoxy) is 1. The van der Waals surface area contributed by atoms with Gasteiger partial charge in [-0.3, -0.25) is 4.79 Å². The summed E-state index contributed by atoms with van der Waals surface area (Å²) in [4.78, 5) is 14.2. The number of nitrogens with zero attached hydrogens (tertiary/aromatic N) is 1. The van der Waals surface area contributed by atoms with E-state index in [4.69, 9.17) is 0 Å². The number of carbonyl (C=O) groups excluding carboxylic acids is 1. The van der Waals surface area contributed by atoms with Crippen LogP contribution in [0, 0.1) is 0 Å². The Balaban J connectivity index is 1.72. The van der Waals surface area contributed by atoms with Crippen molar-refractivity contribution < 1.29 is 18.3 Å². The molecule has 5 heteroatoms. The third-order valence-electron chi connectivity index (χ3n) is 3.74. The van der Waals surface area contributed by atoms with E-state index in [-0.39, 0.29) is 11.7 Å². The van der Waals surface area contributed by atoms with E-state index in [1.54, 1.807) is 4.90 Å². The van der Waals surface area contributed by atoms with Gasteiger partial charge in [-0.05, 0) is 41.8 Å². The zero-order valence-corrected chi connectivity index (χ0v) is 11.8. The highest BCUT2D eigenvalue weighted by Crippen LogP contribution is 2.21. The molecule has 0 radical (unpaired) electrons. The highest BCUT2D eigenvalue weighted by Gasteiger charge is 2.21. The molecule has 114 valence electrons. The average Bonchev–Trinajstić information content (AvgIpc) is 2.54. The lowest BCUT2D eigenvalue weighted by molar-refractivity contribution is -0.0498. The normalized spacial score (nSPS) is 13.9. The van der Waals surface area contributed by atoms with Crippen molar-refractivity contribution in [1.29, 1.82) is 0 Å². The van der Waals surface area contributed by atoms with Crippen LogP contribution in [0.1, 0.15) is 21.5 Å². The number of alkyl halides is 2. The number of fused-ring (bicyclic) bond motifs is 1. The summed E-state index contributed by atoms with van der Waals surface area (Å²) in [6.07, 6.45) is 0.828. The third kappa shape index (κ3) is 3.08. The molecule has 0 aromatic heterocycles. The van der Waals surface area contributed by atoms with Gasteiger partial charge in [-0.1, -0.05) is 24.3 Å². The summed E-state index contributed by atoms with van der Waals surface area (Å²) < 4.78 is 28.5. The molecule has 0 N–H and O–H groups in total. The van der Waals surface area contributed by atoms with Crippen LogP contribution in [-0.2, 0) is 13.0 Å². The number of halogens is 2. The number of rotatable bonds is 3. The molecule has 0 unspecified atom stereocenters. The summed E-state index contributed by atoms with van der Waals surface area (Å²) >= 11 is 0. The van der Waals surface area contributed by atoms with E-state index in [2.05, 4.69) is 10.8 Å². The van der Waals surface area contributed by atoms with E-state index in [1.807, 2.05) is 18.2 Å². The monoisotopic (exact) mass is 303 g/mol. The fourth-order valence-corrected chi connectivity index (χ4v) is 2.63.